The average molecular weight is 212 g/mol. The lowest BCUT2D eigenvalue weighted by atomic mass is 9.86. The average Bonchev–Trinajstić information content (AvgIpc) is 2.30. The van der Waals surface area contributed by atoms with Gasteiger partial charge in [-0.1, -0.05) is 19.8 Å². The molecule has 2 N–H and O–H groups in total. The van der Waals surface area contributed by atoms with Crippen LogP contribution in [0.3, 0.4) is 0 Å². The fraction of sp³-hybridized carbons (Fsp3) is 1.00. The van der Waals surface area contributed by atoms with Crippen molar-refractivity contribution in [3.05, 3.63) is 0 Å². The van der Waals surface area contributed by atoms with Crippen LogP contribution in [0.5, 0.6) is 0 Å². The van der Waals surface area contributed by atoms with Crippen molar-refractivity contribution in [3.8, 4) is 0 Å². The molecule has 2 nitrogen and oxygen atoms in total. The molecule has 0 atom stereocenters. The van der Waals surface area contributed by atoms with Crippen LogP contribution >= 0.6 is 0 Å². The van der Waals surface area contributed by atoms with E-state index in [1.54, 1.807) is 0 Å². The zero-order chi connectivity index (χ0) is 10.9. The van der Waals surface area contributed by atoms with E-state index in [0.717, 1.165) is 12.0 Å². The van der Waals surface area contributed by atoms with Crippen LogP contribution in [0.1, 0.15) is 51.9 Å². The molecule has 2 heteroatoms. The first-order valence-corrected chi connectivity index (χ1v) is 6.74. The van der Waals surface area contributed by atoms with Gasteiger partial charge in [-0.3, -0.25) is 0 Å². The van der Waals surface area contributed by atoms with Gasteiger partial charge in [0.15, 0.2) is 0 Å². The van der Waals surface area contributed by atoms with Gasteiger partial charge in [0.05, 0.1) is 0 Å². The van der Waals surface area contributed by atoms with Gasteiger partial charge in [0.2, 0.25) is 0 Å². The Morgan fingerprint density at radius 1 is 1.07 bits per heavy atom. The molecule has 15 heavy (non-hydrogen) atoms. The molecule has 1 aliphatic carbocycles. The second kappa shape index (κ2) is 8.12. The van der Waals surface area contributed by atoms with E-state index in [2.05, 4.69) is 24.6 Å². The maximum Gasteiger partial charge on any atom is 0.00642 e. The van der Waals surface area contributed by atoms with Gasteiger partial charge < -0.3 is 10.6 Å². The third-order valence-corrected chi connectivity index (χ3v) is 3.65. The van der Waals surface area contributed by atoms with Crippen LogP contribution in [0.4, 0.5) is 0 Å². The van der Waals surface area contributed by atoms with E-state index in [-0.39, 0.29) is 0 Å². The number of hydrogen-bond donors (Lipinski definition) is 2. The van der Waals surface area contributed by atoms with Gasteiger partial charge in [-0.05, 0) is 58.2 Å². The van der Waals surface area contributed by atoms with E-state index < -0.39 is 0 Å². The highest BCUT2D eigenvalue weighted by molar-refractivity contribution is 4.76. The Morgan fingerprint density at radius 2 is 1.80 bits per heavy atom. The summed E-state index contributed by atoms with van der Waals surface area (Å²) >= 11 is 0. The van der Waals surface area contributed by atoms with Crippen molar-refractivity contribution in [2.24, 2.45) is 5.92 Å². The van der Waals surface area contributed by atoms with Crippen molar-refractivity contribution in [1.82, 2.24) is 10.6 Å². The zero-order valence-electron chi connectivity index (χ0n) is 10.5. The number of unbranched alkanes of at least 4 members (excludes halogenated alkanes) is 2. The molecule has 0 heterocycles. The zero-order valence-corrected chi connectivity index (χ0v) is 10.5. The van der Waals surface area contributed by atoms with E-state index in [4.69, 9.17) is 0 Å². The van der Waals surface area contributed by atoms with Gasteiger partial charge in [-0.15, -0.1) is 0 Å². The van der Waals surface area contributed by atoms with Gasteiger partial charge in [-0.25, -0.2) is 0 Å². The summed E-state index contributed by atoms with van der Waals surface area (Å²) in [6.07, 6.45) is 9.62. The predicted octanol–water partition coefficient (Wildman–Crippen LogP) is 2.54. The van der Waals surface area contributed by atoms with Crippen molar-refractivity contribution < 1.29 is 0 Å². The smallest absolute Gasteiger partial charge is 0.00642 e. The summed E-state index contributed by atoms with van der Waals surface area (Å²) in [5.74, 6) is 0.941. The molecule has 1 rings (SSSR count). The third kappa shape index (κ3) is 5.53. The summed E-state index contributed by atoms with van der Waals surface area (Å²) < 4.78 is 0. The number of hydrogen-bond acceptors (Lipinski definition) is 2. The van der Waals surface area contributed by atoms with Crippen molar-refractivity contribution in [2.75, 3.05) is 20.1 Å². The first-order chi connectivity index (χ1) is 7.36. The molecular formula is C13H28N2. The summed E-state index contributed by atoms with van der Waals surface area (Å²) in [5.41, 5.74) is 0. The maximum absolute atomic E-state index is 3.60. The minimum Gasteiger partial charge on any atom is -0.317 e. The summed E-state index contributed by atoms with van der Waals surface area (Å²) in [4.78, 5) is 0. The van der Waals surface area contributed by atoms with E-state index in [9.17, 15) is 0 Å². The monoisotopic (exact) mass is 212 g/mol. The summed E-state index contributed by atoms with van der Waals surface area (Å²) in [6.45, 7) is 4.74. The van der Waals surface area contributed by atoms with Crippen molar-refractivity contribution >= 4 is 0 Å². The van der Waals surface area contributed by atoms with Crippen LogP contribution in [-0.2, 0) is 0 Å². The first kappa shape index (κ1) is 13.0. The molecule has 1 saturated carbocycles. The Morgan fingerprint density at radius 3 is 2.40 bits per heavy atom. The van der Waals surface area contributed by atoms with E-state index in [1.165, 1.54) is 58.0 Å². The maximum atomic E-state index is 3.60. The largest absolute Gasteiger partial charge is 0.317 e. The fourth-order valence-corrected chi connectivity index (χ4v) is 2.46. The van der Waals surface area contributed by atoms with Crippen LogP contribution in [0.2, 0.25) is 0 Å². The van der Waals surface area contributed by atoms with Crippen LogP contribution < -0.4 is 10.6 Å². The van der Waals surface area contributed by atoms with Gasteiger partial charge in [0.25, 0.3) is 0 Å². The van der Waals surface area contributed by atoms with E-state index in [1.807, 2.05) is 0 Å². The van der Waals surface area contributed by atoms with Gasteiger partial charge in [0.1, 0.15) is 0 Å². The fourth-order valence-electron chi connectivity index (χ4n) is 2.46. The Labute approximate surface area is 95.2 Å². The second-order valence-corrected chi connectivity index (χ2v) is 4.92. The molecule has 0 unspecified atom stereocenters. The van der Waals surface area contributed by atoms with Gasteiger partial charge in [0, 0.05) is 6.04 Å². The summed E-state index contributed by atoms with van der Waals surface area (Å²) in [6, 6.07) is 0.793. The molecule has 0 aliphatic heterocycles. The summed E-state index contributed by atoms with van der Waals surface area (Å²) in [5, 5.41) is 6.99. The molecule has 1 fully saturated rings. The second-order valence-electron chi connectivity index (χ2n) is 4.92. The highest BCUT2D eigenvalue weighted by Crippen LogP contribution is 2.23. The molecule has 1 aliphatic rings. The molecule has 0 aromatic heterocycles. The molecule has 0 spiro atoms. The Kier molecular flexibility index (Phi) is 7.03. The highest BCUT2D eigenvalue weighted by Gasteiger charge is 2.19. The molecule has 0 aromatic rings. The quantitative estimate of drug-likeness (QED) is 0.634. The van der Waals surface area contributed by atoms with E-state index >= 15 is 0 Å². The topological polar surface area (TPSA) is 24.1 Å². The molecule has 0 saturated heterocycles. The van der Waals surface area contributed by atoms with Crippen molar-refractivity contribution in [3.63, 3.8) is 0 Å². The molecule has 0 radical (unpaired) electrons. The number of nitrogens with one attached hydrogen (secondary N) is 2. The minimum absolute atomic E-state index is 0.793. The van der Waals surface area contributed by atoms with Crippen LogP contribution in [0.15, 0.2) is 0 Å². The molecule has 0 aromatic carbocycles. The Balaban J connectivity index is 1.94. The highest BCUT2D eigenvalue weighted by atomic mass is 14.9. The van der Waals surface area contributed by atoms with Gasteiger partial charge in [-0.2, -0.15) is 0 Å². The van der Waals surface area contributed by atoms with Crippen LogP contribution in [-0.4, -0.2) is 26.2 Å². The van der Waals surface area contributed by atoms with Crippen LogP contribution in [0.25, 0.3) is 0 Å². The SMILES string of the molecule is CCCCCNCC1CCC(NC)CC1. The van der Waals surface area contributed by atoms with Crippen molar-refractivity contribution in [1.29, 1.82) is 0 Å². The number of rotatable bonds is 7. The lowest BCUT2D eigenvalue weighted by molar-refractivity contribution is 0.292. The lowest BCUT2D eigenvalue weighted by Crippen LogP contribution is -2.33. The van der Waals surface area contributed by atoms with Crippen LogP contribution in [0, 0.1) is 5.92 Å². The summed E-state index contributed by atoms with van der Waals surface area (Å²) in [7, 11) is 2.09. The third-order valence-electron chi connectivity index (χ3n) is 3.65. The van der Waals surface area contributed by atoms with Crippen molar-refractivity contribution in [2.45, 2.75) is 57.9 Å². The predicted molar refractivity (Wildman–Crippen MR) is 67.2 cm³/mol. The standard InChI is InChI=1S/C13H28N2/c1-3-4-5-10-15-11-12-6-8-13(14-2)9-7-12/h12-15H,3-11H2,1-2H3. The first-order valence-electron chi connectivity index (χ1n) is 6.74. The van der Waals surface area contributed by atoms with Gasteiger partial charge >= 0.3 is 0 Å². The Bertz CT molecular complexity index is 139. The molecular weight excluding hydrogens is 184 g/mol. The lowest BCUT2D eigenvalue weighted by Gasteiger charge is -2.28. The normalized spacial score (nSPS) is 26.8. The molecule has 0 amide bonds. The molecule has 0 bridgehead atoms. The van der Waals surface area contributed by atoms with E-state index in [0.29, 0.717) is 0 Å². The molecule has 90 valence electrons. The minimum atomic E-state index is 0.793. The Hall–Kier alpha value is -0.0800.